The number of ether oxygens (including phenoxy) is 1. The lowest BCUT2D eigenvalue weighted by Crippen LogP contribution is -2.43. The van der Waals surface area contributed by atoms with Crippen molar-refractivity contribution in [2.75, 3.05) is 13.1 Å². The fourth-order valence-electron chi connectivity index (χ4n) is 2.74. The molecule has 4 heteroatoms. The van der Waals surface area contributed by atoms with Crippen LogP contribution in [0.2, 0.25) is 0 Å². The van der Waals surface area contributed by atoms with Crippen LogP contribution in [0.4, 0.5) is 0 Å². The van der Waals surface area contributed by atoms with Crippen molar-refractivity contribution in [3.8, 4) is 5.75 Å². The summed E-state index contributed by atoms with van der Waals surface area (Å²) in [5.41, 5.74) is 8.10. The molecule has 1 saturated heterocycles. The van der Waals surface area contributed by atoms with E-state index < -0.39 is 6.10 Å². The molecule has 2 atom stereocenters. The zero-order chi connectivity index (χ0) is 15.4. The molecule has 1 fully saturated rings. The highest BCUT2D eigenvalue weighted by Gasteiger charge is 2.24. The maximum atomic E-state index is 12.4. The highest BCUT2D eigenvalue weighted by Crippen LogP contribution is 2.26. The second-order valence-corrected chi connectivity index (χ2v) is 5.98. The Morgan fingerprint density at radius 1 is 1.24 bits per heavy atom. The van der Waals surface area contributed by atoms with Gasteiger partial charge in [0, 0.05) is 24.7 Å². The number of aryl methyl sites for hydroxylation is 1. The first-order valence-corrected chi connectivity index (χ1v) is 7.80. The molecule has 1 heterocycles. The Morgan fingerprint density at radius 2 is 1.90 bits per heavy atom. The Morgan fingerprint density at radius 3 is 2.52 bits per heavy atom. The van der Waals surface area contributed by atoms with Crippen LogP contribution < -0.4 is 10.5 Å². The number of amides is 1. The Kier molecular flexibility index (Phi) is 5.23. The maximum Gasteiger partial charge on any atom is 0.263 e. The van der Waals surface area contributed by atoms with Gasteiger partial charge < -0.3 is 15.4 Å². The van der Waals surface area contributed by atoms with Crippen LogP contribution in [-0.4, -0.2) is 30.0 Å². The topological polar surface area (TPSA) is 55.6 Å². The van der Waals surface area contributed by atoms with Gasteiger partial charge in [0.15, 0.2) is 6.10 Å². The van der Waals surface area contributed by atoms with Crippen LogP contribution in [-0.2, 0) is 4.79 Å². The molecule has 1 aromatic rings. The van der Waals surface area contributed by atoms with Crippen LogP contribution in [0.3, 0.4) is 0 Å². The zero-order valence-corrected chi connectivity index (χ0v) is 13.3. The monoisotopic (exact) mass is 290 g/mol. The van der Waals surface area contributed by atoms with E-state index >= 15 is 0 Å². The third kappa shape index (κ3) is 3.97. The van der Waals surface area contributed by atoms with Gasteiger partial charge in [0.2, 0.25) is 0 Å². The minimum Gasteiger partial charge on any atom is -0.481 e. The predicted octanol–water partition coefficient (Wildman–Crippen LogP) is 2.79. The van der Waals surface area contributed by atoms with E-state index in [0.29, 0.717) is 5.75 Å². The Balaban J connectivity index is 2.08. The first-order valence-electron chi connectivity index (χ1n) is 7.80. The quantitative estimate of drug-likeness (QED) is 0.927. The standard InChI is InChI=1S/C17H26N2O2/c1-12-7-8-16(15(11-12)13(2)18)21-14(3)17(20)19-9-5-4-6-10-19/h7-8,11,13-14H,4-6,9-10,18H2,1-3H3/t13-,14?/m0/s1. The molecule has 4 nitrogen and oxygen atoms in total. The smallest absolute Gasteiger partial charge is 0.263 e. The molecule has 116 valence electrons. The second-order valence-electron chi connectivity index (χ2n) is 5.98. The van der Waals surface area contributed by atoms with Gasteiger partial charge in [-0.3, -0.25) is 4.79 Å². The van der Waals surface area contributed by atoms with Gasteiger partial charge in [-0.25, -0.2) is 0 Å². The number of hydrogen-bond acceptors (Lipinski definition) is 3. The van der Waals surface area contributed by atoms with Gasteiger partial charge >= 0.3 is 0 Å². The molecule has 1 aliphatic heterocycles. The van der Waals surface area contributed by atoms with Crippen molar-refractivity contribution in [3.05, 3.63) is 29.3 Å². The van der Waals surface area contributed by atoms with E-state index in [1.165, 1.54) is 6.42 Å². The molecule has 1 aromatic carbocycles. The van der Waals surface area contributed by atoms with Gasteiger partial charge in [0.25, 0.3) is 5.91 Å². The Hall–Kier alpha value is -1.55. The fraction of sp³-hybridized carbons (Fsp3) is 0.588. The van der Waals surface area contributed by atoms with Gasteiger partial charge in [-0.1, -0.05) is 17.7 Å². The molecule has 21 heavy (non-hydrogen) atoms. The van der Waals surface area contributed by atoms with Crippen LogP contribution in [0.1, 0.15) is 50.3 Å². The van der Waals surface area contributed by atoms with Crippen LogP contribution in [0, 0.1) is 6.92 Å². The number of likely N-dealkylation sites (tertiary alicyclic amines) is 1. The molecule has 1 unspecified atom stereocenters. The molecule has 2 rings (SSSR count). The third-order valence-electron chi connectivity index (χ3n) is 3.98. The van der Waals surface area contributed by atoms with Crippen LogP contribution >= 0.6 is 0 Å². The molecule has 1 amide bonds. The highest BCUT2D eigenvalue weighted by molar-refractivity contribution is 5.81. The van der Waals surface area contributed by atoms with Crippen molar-refractivity contribution in [3.63, 3.8) is 0 Å². The van der Waals surface area contributed by atoms with Crippen LogP contribution in [0.5, 0.6) is 5.75 Å². The molecule has 0 bridgehead atoms. The van der Waals surface area contributed by atoms with Crippen molar-refractivity contribution in [2.45, 2.75) is 52.2 Å². The summed E-state index contributed by atoms with van der Waals surface area (Å²) in [6, 6.07) is 5.81. The molecule has 0 saturated carbocycles. The number of nitrogens with zero attached hydrogens (tertiary/aromatic N) is 1. The van der Waals surface area contributed by atoms with Gasteiger partial charge in [0.05, 0.1) is 0 Å². The van der Waals surface area contributed by atoms with Crippen molar-refractivity contribution in [2.24, 2.45) is 5.73 Å². The van der Waals surface area contributed by atoms with Gasteiger partial charge in [0.1, 0.15) is 5.75 Å². The van der Waals surface area contributed by atoms with Gasteiger partial charge in [-0.05, 0) is 46.1 Å². The van der Waals surface area contributed by atoms with Crippen molar-refractivity contribution >= 4 is 5.91 Å². The largest absolute Gasteiger partial charge is 0.481 e. The van der Waals surface area contributed by atoms with Gasteiger partial charge in [-0.2, -0.15) is 0 Å². The molecular weight excluding hydrogens is 264 g/mol. The number of carbonyl (C=O) groups is 1. The van der Waals surface area contributed by atoms with E-state index in [2.05, 4.69) is 0 Å². The maximum absolute atomic E-state index is 12.4. The van der Waals surface area contributed by atoms with Crippen molar-refractivity contribution < 1.29 is 9.53 Å². The normalized spacial score (nSPS) is 18.2. The lowest BCUT2D eigenvalue weighted by Gasteiger charge is -2.29. The molecule has 0 aromatic heterocycles. The first kappa shape index (κ1) is 15.8. The summed E-state index contributed by atoms with van der Waals surface area (Å²) in [5.74, 6) is 0.791. The summed E-state index contributed by atoms with van der Waals surface area (Å²) in [6.45, 7) is 7.47. The van der Waals surface area contributed by atoms with E-state index in [9.17, 15) is 4.79 Å². The second kappa shape index (κ2) is 6.94. The fourth-order valence-corrected chi connectivity index (χ4v) is 2.74. The molecule has 0 spiro atoms. The average Bonchev–Trinajstić information content (AvgIpc) is 2.49. The number of hydrogen-bond donors (Lipinski definition) is 1. The third-order valence-corrected chi connectivity index (χ3v) is 3.98. The number of benzene rings is 1. The number of nitrogens with two attached hydrogens (primary N) is 1. The molecule has 1 aliphatic rings. The Labute approximate surface area is 127 Å². The van der Waals surface area contributed by atoms with E-state index in [1.54, 1.807) is 0 Å². The number of rotatable bonds is 4. The summed E-state index contributed by atoms with van der Waals surface area (Å²) >= 11 is 0. The summed E-state index contributed by atoms with van der Waals surface area (Å²) in [6.07, 6.45) is 2.93. The van der Waals surface area contributed by atoms with Crippen LogP contribution in [0.15, 0.2) is 18.2 Å². The molecule has 0 aliphatic carbocycles. The summed E-state index contributed by atoms with van der Waals surface area (Å²) in [5, 5.41) is 0. The van der Waals surface area contributed by atoms with E-state index in [1.807, 2.05) is 43.9 Å². The Bertz CT molecular complexity index is 494. The minimum atomic E-state index is -0.469. The summed E-state index contributed by atoms with van der Waals surface area (Å²) in [4.78, 5) is 14.3. The van der Waals surface area contributed by atoms with Gasteiger partial charge in [-0.15, -0.1) is 0 Å². The van der Waals surface area contributed by atoms with Crippen LogP contribution in [0.25, 0.3) is 0 Å². The molecule has 0 radical (unpaired) electrons. The van der Waals surface area contributed by atoms with E-state index in [0.717, 1.165) is 37.1 Å². The highest BCUT2D eigenvalue weighted by atomic mass is 16.5. The van der Waals surface area contributed by atoms with E-state index in [4.69, 9.17) is 10.5 Å². The average molecular weight is 290 g/mol. The molecule has 2 N–H and O–H groups in total. The van der Waals surface area contributed by atoms with Crippen molar-refractivity contribution in [1.29, 1.82) is 0 Å². The lowest BCUT2D eigenvalue weighted by atomic mass is 10.0. The molecular formula is C17H26N2O2. The minimum absolute atomic E-state index is 0.0749. The summed E-state index contributed by atoms with van der Waals surface area (Å²) < 4.78 is 5.91. The van der Waals surface area contributed by atoms with E-state index in [-0.39, 0.29) is 11.9 Å². The summed E-state index contributed by atoms with van der Waals surface area (Å²) in [7, 11) is 0. The van der Waals surface area contributed by atoms with Crippen molar-refractivity contribution in [1.82, 2.24) is 4.90 Å². The SMILES string of the molecule is Cc1ccc(OC(C)C(=O)N2CCCCC2)c([C@H](C)N)c1. The predicted molar refractivity (Wildman–Crippen MR) is 84.3 cm³/mol. The lowest BCUT2D eigenvalue weighted by molar-refractivity contribution is -0.138. The number of carbonyl (C=O) groups excluding carboxylic acids is 1. The first-order chi connectivity index (χ1) is 9.99. The zero-order valence-electron chi connectivity index (χ0n) is 13.3. The number of piperidine rings is 1.